The van der Waals surface area contributed by atoms with Gasteiger partial charge in [-0.2, -0.15) is 0 Å². The van der Waals surface area contributed by atoms with E-state index in [1.807, 2.05) is 0 Å². The Morgan fingerprint density at radius 1 is 1.40 bits per heavy atom. The SMILES string of the molecule is C=C(Cc1ccc(C(=O)O)cc1)[N+](=O)[O-]. The Balaban J connectivity index is 2.77. The van der Waals surface area contributed by atoms with Gasteiger partial charge in [-0.05, 0) is 24.3 Å². The average Bonchev–Trinajstić information content (AvgIpc) is 2.18. The number of rotatable bonds is 4. The Labute approximate surface area is 85.8 Å². The molecule has 0 amide bonds. The summed E-state index contributed by atoms with van der Waals surface area (Å²) in [6.07, 6.45) is 0.118. The van der Waals surface area contributed by atoms with Crippen LogP contribution in [0.4, 0.5) is 0 Å². The average molecular weight is 207 g/mol. The minimum absolute atomic E-state index is 0.113. The lowest BCUT2D eigenvalue weighted by molar-refractivity contribution is -0.426. The normalized spacial score (nSPS) is 9.60. The van der Waals surface area contributed by atoms with Gasteiger partial charge in [-0.1, -0.05) is 12.1 Å². The van der Waals surface area contributed by atoms with E-state index in [0.717, 1.165) is 0 Å². The molecule has 0 radical (unpaired) electrons. The zero-order valence-corrected chi connectivity index (χ0v) is 7.84. The minimum atomic E-state index is -1.02. The number of benzene rings is 1. The predicted octanol–water partition coefficient (Wildman–Crippen LogP) is 1.72. The highest BCUT2D eigenvalue weighted by Gasteiger charge is 2.08. The van der Waals surface area contributed by atoms with Crippen molar-refractivity contribution in [1.29, 1.82) is 0 Å². The van der Waals surface area contributed by atoms with Crippen molar-refractivity contribution in [1.82, 2.24) is 0 Å². The summed E-state index contributed by atoms with van der Waals surface area (Å²) in [5.74, 6) is -1.02. The molecule has 0 aliphatic heterocycles. The Morgan fingerprint density at radius 2 is 1.93 bits per heavy atom. The summed E-state index contributed by atoms with van der Waals surface area (Å²) in [4.78, 5) is 20.3. The van der Waals surface area contributed by atoms with Crippen molar-refractivity contribution in [3.05, 3.63) is 57.8 Å². The minimum Gasteiger partial charge on any atom is -0.478 e. The van der Waals surface area contributed by atoms with Crippen LogP contribution in [-0.4, -0.2) is 16.0 Å². The predicted molar refractivity (Wildman–Crippen MR) is 53.2 cm³/mol. The fraction of sp³-hybridized carbons (Fsp3) is 0.100. The molecule has 5 heteroatoms. The molecule has 0 saturated carbocycles. The van der Waals surface area contributed by atoms with Crippen molar-refractivity contribution in [3.8, 4) is 0 Å². The van der Waals surface area contributed by atoms with E-state index in [0.29, 0.717) is 5.56 Å². The fourth-order valence-corrected chi connectivity index (χ4v) is 1.07. The number of hydrogen-bond acceptors (Lipinski definition) is 3. The van der Waals surface area contributed by atoms with E-state index < -0.39 is 10.9 Å². The molecule has 0 heterocycles. The summed E-state index contributed by atoms with van der Waals surface area (Å²) in [6, 6.07) is 5.89. The van der Waals surface area contributed by atoms with Gasteiger partial charge in [-0.15, -0.1) is 0 Å². The standard InChI is InChI=1S/C10H9NO4/c1-7(11(14)15)6-8-2-4-9(5-3-8)10(12)13/h2-5H,1,6H2,(H,12,13). The second-order valence-corrected chi connectivity index (χ2v) is 3.00. The first kappa shape index (κ1) is 10.9. The molecular weight excluding hydrogens is 198 g/mol. The third-order valence-corrected chi connectivity index (χ3v) is 1.87. The lowest BCUT2D eigenvalue weighted by Crippen LogP contribution is -2.01. The molecule has 0 fully saturated rings. The van der Waals surface area contributed by atoms with Crippen molar-refractivity contribution in [2.75, 3.05) is 0 Å². The molecule has 0 atom stereocenters. The Bertz CT molecular complexity index is 408. The molecule has 0 aliphatic carbocycles. The summed E-state index contributed by atoms with van der Waals surface area (Å²) >= 11 is 0. The van der Waals surface area contributed by atoms with Crippen LogP contribution in [0, 0.1) is 10.1 Å². The van der Waals surface area contributed by atoms with Gasteiger partial charge < -0.3 is 5.11 Å². The third-order valence-electron chi connectivity index (χ3n) is 1.87. The summed E-state index contributed by atoms with van der Waals surface area (Å²) in [5.41, 5.74) is 0.713. The van der Waals surface area contributed by atoms with Crippen LogP contribution in [-0.2, 0) is 6.42 Å². The van der Waals surface area contributed by atoms with E-state index in [1.165, 1.54) is 24.3 Å². The molecule has 15 heavy (non-hydrogen) atoms. The summed E-state index contributed by atoms with van der Waals surface area (Å²) < 4.78 is 0. The van der Waals surface area contributed by atoms with Crippen LogP contribution in [0.15, 0.2) is 36.5 Å². The van der Waals surface area contributed by atoms with E-state index in [9.17, 15) is 14.9 Å². The molecule has 1 aromatic carbocycles. The van der Waals surface area contributed by atoms with Gasteiger partial charge in [0.15, 0.2) is 0 Å². The van der Waals surface area contributed by atoms with Crippen molar-refractivity contribution in [2.45, 2.75) is 6.42 Å². The summed E-state index contributed by atoms with van der Waals surface area (Å²) in [6.45, 7) is 3.29. The van der Waals surface area contributed by atoms with Crippen molar-refractivity contribution in [3.63, 3.8) is 0 Å². The fourth-order valence-electron chi connectivity index (χ4n) is 1.07. The first-order valence-electron chi connectivity index (χ1n) is 4.15. The van der Waals surface area contributed by atoms with Gasteiger partial charge >= 0.3 is 5.97 Å². The first-order valence-corrected chi connectivity index (χ1v) is 4.15. The largest absolute Gasteiger partial charge is 0.478 e. The van der Waals surface area contributed by atoms with E-state index in [2.05, 4.69) is 6.58 Å². The molecule has 0 spiro atoms. The van der Waals surface area contributed by atoms with Crippen LogP contribution in [0.2, 0.25) is 0 Å². The van der Waals surface area contributed by atoms with Crippen LogP contribution in [0.3, 0.4) is 0 Å². The molecule has 0 unspecified atom stereocenters. The van der Waals surface area contributed by atoms with Gasteiger partial charge in [0.1, 0.15) is 0 Å². The molecule has 1 rings (SSSR count). The Morgan fingerprint density at radius 3 is 2.33 bits per heavy atom. The van der Waals surface area contributed by atoms with Gasteiger partial charge in [0.25, 0.3) is 0 Å². The highest BCUT2D eigenvalue weighted by molar-refractivity contribution is 5.87. The second-order valence-electron chi connectivity index (χ2n) is 3.00. The summed E-state index contributed by atoms with van der Waals surface area (Å²) in [7, 11) is 0. The number of hydrogen-bond donors (Lipinski definition) is 1. The number of aromatic carboxylic acids is 1. The maximum atomic E-state index is 10.5. The molecule has 78 valence electrons. The first-order chi connectivity index (χ1) is 7.00. The van der Waals surface area contributed by atoms with Crippen molar-refractivity contribution >= 4 is 5.97 Å². The lowest BCUT2D eigenvalue weighted by atomic mass is 10.1. The number of carbonyl (C=O) groups is 1. The van der Waals surface area contributed by atoms with Crippen LogP contribution >= 0.6 is 0 Å². The second kappa shape index (κ2) is 4.36. The van der Waals surface area contributed by atoms with Crippen LogP contribution in [0.1, 0.15) is 15.9 Å². The van der Waals surface area contributed by atoms with Crippen LogP contribution in [0.25, 0.3) is 0 Å². The Kier molecular flexibility index (Phi) is 3.17. The molecule has 0 saturated heterocycles. The van der Waals surface area contributed by atoms with Crippen LogP contribution < -0.4 is 0 Å². The van der Waals surface area contributed by atoms with Gasteiger partial charge in [0.05, 0.1) is 16.9 Å². The third kappa shape index (κ3) is 2.91. The lowest BCUT2D eigenvalue weighted by Gasteiger charge is -1.99. The van der Waals surface area contributed by atoms with E-state index in [4.69, 9.17) is 5.11 Å². The number of nitrogens with zero attached hydrogens (tertiary/aromatic N) is 1. The number of allylic oxidation sites excluding steroid dienone is 1. The molecule has 5 nitrogen and oxygen atoms in total. The van der Waals surface area contributed by atoms with E-state index in [-0.39, 0.29) is 17.7 Å². The van der Waals surface area contributed by atoms with E-state index >= 15 is 0 Å². The molecule has 1 N–H and O–H groups in total. The molecule has 1 aromatic rings. The Hall–Kier alpha value is -2.17. The maximum Gasteiger partial charge on any atom is 0.335 e. The van der Waals surface area contributed by atoms with Gasteiger partial charge in [-0.3, -0.25) is 10.1 Å². The van der Waals surface area contributed by atoms with Gasteiger partial charge in [0, 0.05) is 0 Å². The van der Waals surface area contributed by atoms with Crippen molar-refractivity contribution < 1.29 is 14.8 Å². The maximum absolute atomic E-state index is 10.5. The zero-order valence-electron chi connectivity index (χ0n) is 7.84. The highest BCUT2D eigenvalue weighted by Crippen LogP contribution is 2.09. The molecule has 0 aromatic heterocycles. The van der Waals surface area contributed by atoms with Crippen molar-refractivity contribution in [2.24, 2.45) is 0 Å². The topological polar surface area (TPSA) is 80.4 Å². The van der Waals surface area contributed by atoms with Crippen LogP contribution in [0.5, 0.6) is 0 Å². The number of carboxylic acid groups (broad SMARTS) is 1. The molecule has 0 aliphatic rings. The highest BCUT2D eigenvalue weighted by atomic mass is 16.6. The number of nitro groups is 1. The summed E-state index contributed by atoms with van der Waals surface area (Å²) in [5, 5.41) is 18.9. The van der Waals surface area contributed by atoms with Gasteiger partial charge in [0.2, 0.25) is 5.70 Å². The molecular formula is C10H9NO4. The number of carboxylic acids is 1. The van der Waals surface area contributed by atoms with Gasteiger partial charge in [-0.25, -0.2) is 4.79 Å². The van der Waals surface area contributed by atoms with E-state index in [1.54, 1.807) is 0 Å². The smallest absolute Gasteiger partial charge is 0.335 e. The monoisotopic (exact) mass is 207 g/mol. The molecule has 0 bridgehead atoms. The zero-order chi connectivity index (χ0) is 11.4. The quantitative estimate of drug-likeness (QED) is 0.602.